The summed E-state index contributed by atoms with van der Waals surface area (Å²) in [4.78, 5) is 13.1. The molecule has 0 aliphatic rings. The van der Waals surface area contributed by atoms with Gasteiger partial charge >= 0.3 is 0 Å². The van der Waals surface area contributed by atoms with E-state index in [4.69, 9.17) is 0 Å². The van der Waals surface area contributed by atoms with Gasteiger partial charge in [0.2, 0.25) is 0 Å². The zero-order valence-corrected chi connectivity index (χ0v) is 14.1. The first-order chi connectivity index (χ1) is 10.7. The Morgan fingerprint density at radius 1 is 0.909 bits per heavy atom. The van der Waals surface area contributed by atoms with Gasteiger partial charge in [-0.3, -0.25) is 4.79 Å². The molecule has 2 aromatic carbocycles. The standard InChI is InChI=1S/C18H14BrNOS/c19-15-10-8-14(9-11-15)17(13-5-2-1-3-6-13)20-18(21)16-7-4-12-22-16/h1-12,17H,(H,20,21). The molecule has 1 atom stereocenters. The molecule has 0 aliphatic heterocycles. The summed E-state index contributed by atoms with van der Waals surface area (Å²) >= 11 is 4.89. The fourth-order valence-electron chi connectivity index (χ4n) is 2.27. The van der Waals surface area contributed by atoms with Gasteiger partial charge in [0, 0.05) is 4.47 Å². The first-order valence-corrected chi connectivity index (χ1v) is 8.56. The molecule has 2 nitrogen and oxygen atoms in total. The summed E-state index contributed by atoms with van der Waals surface area (Å²) in [7, 11) is 0. The zero-order valence-electron chi connectivity index (χ0n) is 11.7. The first-order valence-electron chi connectivity index (χ1n) is 6.89. The molecule has 1 aromatic heterocycles. The van der Waals surface area contributed by atoms with Gasteiger partial charge in [-0.2, -0.15) is 0 Å². The van der Waals surface area contributed by atoms with E-state index in [-0.39, 0.29) is 11.9 Å². The Kier molecular flexibility index (Phi) is 4.71. The molecule has 0 bridgehead atoms. The number of amides is 1. The van der Waals surface area contributed by atoms with Crippen LogP contribution in [-0.4, -0.2) is 5.91 Å². The predicted molar refractivity (Wildman–Crippen MR) is 94.2 cm³/mol. The number of rotatable bonds is 4. The van der Waals surface area contributed by atoms with Crippen LogP contribution in [0.25, 0.3) is 0 Å². The van der Waals surface area contributed by atoms with Crippen molar-refractivity contribution < 1.29 is 4.79 Å². The van der Waals surface area contributed by atoms with E-state index in [1.165, 1.54) is 11.3 Å². The Bertz CT molecular complexity index is 739. The summed E-state index contributed by atoms with van der Waals surface area (Å²) in [6.45, 7) is 0. The van der Waals surface area contributed by atoms with Crippen LogP contribution in [0.4, 0.5) is 0 Å². The van der Waals surface area contributed by atoms with Crippen molar-refractivity contribution in [1.82, 2.24) is 5.32 Å². The highest BCUT2D eigenvalue weighted by Gasteiger charge is 2.18. The van der Waals surface area contributed by atoms with Crippen molar-refractivity contribution in [2.75, 3.05) is 0 Å². The highest BCUT2D eigenvalue weighted by molar-refractivity contribution is 9.10. The van der Waals surface area contributed by atoms with Gasteiger partial charge in [0.05, 0.1) is 10.9 Å². The number of thiophene rings is 1. The molecule has 0 spiro atoms. The van der Waals surface area contributed by atoms with Crippen molar-refractivity contribution >= 4 is 33.2 Å². The van der Waals surface area contributed by atoms with Gasteiger partial charge in [0.1, 0.15) is 0 Å². The Balaban J connectivity index is 1.93. The Hall–Kier alpha value is -1.91. The van der Waals surface area contributed by atoms with Gasteiger partial charge in [-0.25, -0.2) is 0 Å². The van der Waals surface area contributed by atoms with Crippen LogP contribution in [0.1, 0.15) is 26.8 Å². The van der Waals surface area contributed by atoms with Crippen molar-refractivity contribution in [3.05, 3.63) is 92.6 Å². The fourth-order valence-corrected chi connectivity index (χ4v) is 3.16. The summed E-state index contributed by atoms with van der Waals surface area (Å²) in [5.41, 5.74) is 2.12. The van der Waals surface area contributed by atoms with Gasteiger partial charge in [0.15, 0.2) is 0 Å². The summed E-state index contributed by atoms with van der Waals surface area (Å²) in [6, 6.07) is 21.6. The SMILES string of the molecule is O=C(NC(c1ccccc1)c1ccc(Br)cc1)c1cccs1. The summed E-state index contributed by atoms with van der Waals surface area (Å²) in [5, 5.41) is 5.04. The van der Waals surface area contributed by atoms with Gasteiger partial charge in [0.25, 0.3) is 5.91 Å². The van der Waals surface area contributed by atoms with Crippen LogP contribution >= 0.6 is 27.3 Å². The average Bonchev–Trinajstić information content (AvgIpc) is 3.09. The topological polar surface area (TPSA) is 29.1 Å². The molecule has 0 aliphatic carbocycles. The maximum absolute atomic E-state index is 12.4. The van der Waals surface area contributed by atoms with Crippen molar-refractivity contribution in [2.45, 2.75) is 6.04 Å². The van der Waals surface area contributed by atoms with Crippen LogP contribution in [-0.2, 0) is 0 Å². The van der Waals surface area contributed by atoms with Gasteiger partial charge in [-0.1, -0.05) is 64.5 Å². The van der Waals surface area contributed by atoms with Crippen molar-refractivity contribution in [3.8, 4) is 0 Å². The monoisotopic (exact) mass is 371 g/mol. The molecule has 1 amide bonds. The van der Waals surface area contributed by atoms with E-state index in [2.05, 4.69) is 21.2 Å². The number of halogens is 1. The largest absolute Gasteiger partial charge is 0.340 e. The molecule has 0 radical (unpaired) electrons. The Morgan fingerprint density at radius 2 is 1.59 bits per heavy atom. The molecule has 1 unspecified atom stereocenters. The van der Waals surface area contributed by atoms with Crippen LogP contribution in [0.3, 0.4) is 0 Å². The van der Waals surface area contributed by atoms with Crippen molar-refractivity contribution in [3.63, 3.8) is 0 Å². The van der Waals surface area contributed by atoms with Crippen LogP contribution in [0.5, 0.6) is 0 Å². The second kappa shape index (κ2) is 6.90. The van der Waals surface area contributed by atoms with Crippen LogP contribution in [0.2, 0.25) is 0 Å². The predicted octanol–water partition coefficient (Wildman–Crippen LogP) is 5.03. The zero-order chi connectivity index (χ0) is 15.4. The van der Waals surface area contributed by atoms with Crippen molar-refractivity contribution in [1.29, 1.82) is 0 Å². The van der Waals surface area contributed by atoms with E-state index in [1.54, 1.807) is 0 Å². The summed E-state index contributed by atoms with van der Waals surface area (Å²) in [6.07, 6.45) is 0. The van der Waals surface area contributed by atoms with Crippen LogP contribution in [0.15, 0.2) is 76.6 Å². The minimum absolute atomic E-state index is 0.0493. The second-order valence-corrected chi connectivity index (χ2v) is 6.71. The van der Waals surface area contributed by atoms with Crippen LogP contribution in [0, 0.1) is 0 Å². The Morgan fingerprint density at radius 3 is 2.23 bits per heavy atom. The van der Waals surface area contributed by atoms with Gasteiger partial charge < -0.3 is 5.32 Å². The first kappa shape index (κ1) is 15.0. The molecule has 110 valence electrons. The molecule has 4 heteroatoms. The fraction of sp³-hybridized carbons (Fsp3) is 0.0556. The van der Waals surface area contributed by atoms with Crippen LogP contribution < -0.4 is 5.32 Å². The number of hydrogen-bond donors (Lipinski definition) is 1. The lowest BCUT2D eigenvalue weighted by Gasteiger charge is -2.19. The van der Waals surface area contributed by atoms with Gasteiger partial charge in [-0.15, -0.1) is 11.3 Å². The lowest BCUT2D eigenvalue weighted by molar-refractivity contribution is 0.0947. The number of benzene rings is 2. The second-order valence-electron chi connectivity index (χ2n) is 4.85. The van der Waals surface area contributed by atoms with E-state index < -0.39 is 0 Å². The molecule has 0 saturated carbocycles. The van der Waals surface area contributed by atoms with E-state index in [1.807, 2.05) is 72.1 Å². The average molecular weight is 372 g/mol. The lowest BCUT2D eigenvalue weighted by atomic mass is 9.98. The number of nitrogens with one attached hydrogen (secondary N) is 1. The molecular weight excluding hydrogens is 358 g/mol. The normalized spacial score (nSPS) is 11.9. The third-order valence-electron chi connectivity index (χ3n) is 3.36. The summed E-state index contributed by atoms with van der Waals surface area (Å²) < 4.78 is 1.02. The quantitative estimate of drug-likeness (QED) is 0.684. The van der Waals surface area contributed by atoms with E-state index in [0.29, 0.717) is 0 Å². The maximum atomic E-state index is 12.4. The maximum Gasteiger partial charge on any atom is 0.262 e. The molecule has 3 aromatic rings. The lowest BCUT2D eigenvalue weighted by Crippen LogP contribution is -2.28. The molecule has 3 rings (SSSR count). The smallest absolute Gasteiger partial charge is 0.262 e. The number of carbonyl (C=O) groups is 1. The van der Waals surface area contributed by atoms with E-state index >= 15 is 0 Å². The minimum Gasteiger partial charge on any atom is -0.340 e. The molecule has 22 heavy (non-hydrogen) atoms. The molecule has 1 N–H and O–H groups in total. The highest BCUT2D eigenvalue weighted by Crippen LogP contribution is 2.24. The molecule has 0 saturated heterocycles. The molecule has 1 heterocycles. The highest BCUT2D eigenvalue weighted by atomic mass is 79.9. The molecule has 0 fully saturated rings. The number of hydrogen-bond acceptors (Lipinski definition) is 2. The number of carbonyl (C=O) groups excluding carboxylic acids is 1. The molecular formula is C18H14BrNOS. The third-order valence-corrected chi connectivity index (χ3v) is 4.75. The van der Waals surface area contributed by atoms with Crippen molar-refractivity contribution in [2.24, 2.45) is 0 Å². The third kappa shape index (κ3) is 3.46. The van der Waals surface area contributed by atoms with E-state index in [0.717, 1.165) is 20.5 Å². The summed E-state index contributed by atoms with van der Waals surface area (Å²) in [5.74, 6) is -0.0493. The van der Waals surface area contributed by atoms with E-state index in [9.17, 15) is 4.79 Å². The van der Waals surface area contributed by atoms with Gasteiger partial charge in [-0.05, 0) is 34.7 Å². The minimum atomic E-state index is -0.163. The Labute approximate surface area is 141 Å².